The van der Waals surface area contributed by atoms with E-state index in [1.807, 2.05) is 0 Å². The van der Waals surface area contributed by atoms with Gasteiger partial charge in [-0.15, -0.1) is 0 Å². The first-order valence-electron chi connectivity index (χ1n) is 3.46. The summed E-state index contributed by atoms with van der Waals surface area (Å²) >= 11 is 6.66. The van der Waals surface area contributed by atoms with Gasteiger partial charge in [-0.1, -0.05) is 44.2 Å². The van der Waals surface area contributed by atoms with Gasteiger partial charge in [-0.05, 0) is 5.92 Å². The fourth-order valence-corrected chi connectivity index (χ4v) is 2.04. The van der Waals surface area contributed by atoms with Gasteiger partial charge in [-0.3, -0.25) is 0 Å². The normalized spacial score (nSPS) is 28.2. The van der Waals surface area contributed by atoms with Crippen LogP contribution < -0.4 is 10.9 Å². The minimum absolute atomic E-state index is 0.470. The van der Waals surface area contributed by atoms with Gasteiger partial charge in [0.1, 0.15) is 4.32 Å². The van der Waals surface area contributed by atoms with Crippen molar-refractivity contribution in [1.29, 1.82) is 0 Å². The lowest BCUT2D eigenvalue weighted by atomic mass is 10.1. The van der Waals surface area contributed by atoms with Gasteiger partial charge in [0.25, 0.3) is 0 Å². The molecule has 1 unspecified atom stereocenters. The van der Waals surface area contributed by atoms with Crippen molar-refractivity contribution in [3.8, 4) is 0 Å². The second kappa shape index (κ2) is 3.55. The number of thiocarbonyl (C=S) groups is 1. The maximum Gasteiger partial charge on any atom is 0.149 e. The monoisotopic (exact) mass is 176 g/mol. The maximum atomic E-state index is 4.95. The van der Waals surface area contributed by atoms with Crippen LogP contribution in [-0.4, -0.2) is 9.69 Å². The second-order valence-corrected chi connectivity index (χ2v) is 4.30. The van der Waals surface area contributed by atoms with Crippen molar-refractivity contribution in [2.45, 2.75) is 25.6 Å². The Morgan fingerprint density at radius 1 is 1.80 bits per heavy atom. The van der Waals surface area contributed by atoms with Crippen molar-refractivity contribution in [3.63, 3.8) is 0 Å². The van der Waals surface area contributed by atoms with E-state index < -0.39 is 0 Å². The molecule has 2 N–H and O–H groups in total. The molecule has 0 aromatic heterocycles. The molecule has 2 atom stereocenters. The molecule has 0 bridgehead atoms. The van der Waals surface area contributed by atoms with Gasteiger partial charge < -0.3 is 5.43 Å². The highest BCUT2D eigenvalue weighted by molar-refractivity contribution is 8.23. The standard InChI is InChI=1S/C6H12N2S2/c1-3-4(2)5-7-8-6(9)10-5/h4-5,7H,3H2,1-2H3,(H,8,9)/t4-,5?/m1/s1. The van der Waals surface area contributed by atoms with Crippen LogP contribution >= 0.6 is 24.0 Å². The first-order valence-corrected chi connectivity index (χ1v) is 4.75. The van der Waals surface area contributed by atoms with E-state index in [1.165, 1.54) is 6.42 Å². The Morgan fingerprint density at radius 2 is 2.50 bits per heavy atom. The minimum Gasteiger partial charge on any atom is -0.306 e. The molecule has 0 radical (unpaired) electrons. The number of rotatable bonds is 2. The average Bonchev–Trinajstić information content (AvgIpc) is 2.34. The highest BCUT2D eigenvalue weighted by Gasteiger charge is 2.23. The van der Waals surface area contributed by atoms with Gasteiger partial charge in [0.2, 0.25) is 0 Å². The van der Waals surface area contributed by atoms with Gasteiger partial charge in [0.15, 0.2) is 0 Å². The molecule has 0 aromatic rings. The fourth-order valence-electron chi connectivity index (χ4n) is 0.777. The first kappa shape index (κ1) is 8.30. The zero-order valence-corrected chi connectivity index (χ0v) is 7.81. The number of hydrazine groups is 1. The number of hydrogen-bond donors (Lipinski definition) is 2. The number of thioether (sulfide) groups is 1. The van der Waals surface area contributed by atoms with Crippen LogP contribution in [0, 0.1) is 5.92 Å². The quantitative estimate of drug-likeness (QED) is 0.622. The van der Waals surface area contributed by atoms with E-state index in [2.05, 4.69) is 24.7 Å². The summed E-state index contributed by atoms with van der Waals surface area (Å²) in [5.74, 6) is 0.679. The highest BCUT2D eigenvalue weighted by atomic mass is 32.2. The Kier molecular flexibility index (Phi) is 2.95. The van der Waals surface area contributed by atoms with Crippen molar-refractivity contribution < 1.29 is 0 Å². The van der Waals surface area contributed by atoms with Crippen LogP contribution in [0.4, 0.5) is 0 Å². The average molecular weight is 176 g/mol. The van der Waals surface area contributed by atoms with Crippen LogP contribution in [0.25, 0.3) is 0 Å². The van der Waals surface area contributed by atoms with E-state index in [1.54, 1.807) is 11.8 Å². The molecule has 1 aliphatic rings. The zero-order valence-electron chi connectivity index (χ0n) is 6.18. The molecule has 10 heavy (non-hydrogen) atoms. The topological polar surface area (TPSA) is 24.1 Å². The van der Waals surface area contributed by atoms with Crippen LogP contribution in [0.5, 0.6) is 0 Å². The molecule has 1 aliphatic heterocycles. The molecule has 0 spiro atoms. The summed E-state index contributed by atoms with van der Waals surface area (Å²) in [6.45, 7) is 4.41. The first-order chi connectivity index (χ1) is 4.74. The van der Waals surface area contributed by atoms with E-state index in [0.717, 1.165) is 4.32 Å². The van der Waals surface area contributed by atoms with E-state index in [9.17, 15) is 0 Å². The summed E-state index contributed by atoms with van der Waals surface area (Å²) in [5, 5.41) is 0.470. The predicted octanol–water partition coefficient (Wildman–Crippen LogP) is 1.48. The number of hydrogen-bond acceptors (Lipinski definition) is 3. The van der Waals surface area contributed by atoms with E-state index in [-0.39, 0.29) is 0 Å². The summed E-state index contributed by atoms with van der Waals surface area (Å²) in [7, 11) is 0. The molecular formula is C6H12N2S2. The summed E-state index contributed by atoms with van der Waals surface area (Å²) in [4.78, 5) is 0. The summed E-state index contributed by atoms with van der Waals surface area (Å²) in [6.07, 6.45) is 1.19. The third kappa shape index (κ3) is 1.84. The molecule has 58 valence electrons. The Hall–Kier alpha value is 0.200. The van der Waals surface area contributed by atoms with Crippen LogP contribution in [0.2, 0.25) is 0 Å². The molecule has 1 saturated heterocycles. The number of nitrogens with one attached hydrogen (secondary N) is 2. The van der Waals surface area contributed by atoms with Crippen LogP contribution in [0.15, 0.2) is 0 Å². The van der Waals surface area contributed by atoms with Gasteiger partial charge in [0, 0.05) is 0 Å². The van der Waals surface area contributed by atoms with E-state index in [0.29, 0.717) is 11.3 Å². The van der Waals surface area contributed by atoms with Crippen molar-refractivity contribution >= 4 is 28.3 Å². The lowest BCUT2D eigenvalue weighted by Crippen LogP contribution is -2.34. The summed E-state index contributed by atoms with van der Waals surface area (Å²) < 4.78 is 0.866. The van der Waals surface area contributed by atoms with Crippen LogP contribution in [0.1, 0.15) is 20.3 Å². The third-order valence-corrected chi connectivity index (χ3v) is 3.25. The van der Waals surface area contributed by atoms with Gasteiger partial charge in [-0.2, -0.15) is 0 Å². The SMILES string of the molecule is CC[C@@H](C)C1NNC(=S)S1. The molecule has 4 heteroatoms. The smallest absolute Gasteiger partial charge is 0.149 e. The van der Waals surface area contributed by atoms with Crippen molar-refractivity contribution in [3.05, 3.63) is 0 Å². The molecule has 2 nitrogen and oxygen atoms in total. The molecule has 0 amide bonds. The summed E-state index contributed by atoms with van der Waals surface area (Å²) in [5.41, 5.74) is 6.06. The van der Waals surface area contributed by atoms with E-state index >= 15 is 0 Å². The Morgan fingerprint density at radius 3 is 2.90 bits per heavy atom. The molecule has 0 saturated carbocycles. The molecule has 1 fully saturated rings. The Balaban J connectivity index is 2.36. The third-order valence-electron chi connectivity index (χ3n) is 1.71. The largest absolute Gasteiger partial charge is 0.306 e. The van der Waals surface area contributed by atoms with Crippen LogP contribution in [0.3, 0.4) is 0 Å². The molecule has 1 heterocycles. The second-order valence-electron chi connectivity index (χ2n) is 2.48. The van der Waals surface area contributed by atoms with E-state index in [4.69, 9.17) is 12.2 Å². The zero-order chi connectivity index (χ0) is 7.56. The van der Waals surface area contributed by atoms with Crippen molar-refractivity contribution in [1.82, 2.24) is 10.9 Å². The Labute approximate surface area is 71.1 Å². The molecule has 1 rings (SSSR count). The van der Waals surface area contributed by atoms with Gasteiger partial charge in [0.05, 0.1) is 5.37 Å². The minimum atomic E-state index is 0.470. The lowest BCUT2D eigenvalue weighted by molar-refractivity contribution is 0.464. The van der Waals surface area contributed by atoms with Crippen LogP contribution in [-0.2, 0) is 0 Å². The predicted molar refractivity (Wildman–Crippen MR) is 49.7 cm³/mol. The molecular weight excluding hydrogens is 164 g/mol. The van der Waals surface area contributed by atoms with Crippen molar-refractivity contribution in [2.75, 3.05) is 0 Å². The highest BCUT2D eigenvalue weighted by Crippen LogP contribution is 2.23. The molecule has 0 aliphatic carbocycles. The van der Waals surface area contributed by atoms with Crippen molar-refractivity contribution in [2.24, 2.45) is 5.92 Å². The molecule has 0 aromatic carbocycles. The van der Waals surface area contributed by atoms with Gasteiger partial charge in [-0.25, -0.2) is 5.43 Å². The summed E-state index contributed by atoms with van der Waals surface area (Å²) in [6, 6.07) is 0. The fraction of sp³-hybridized carbons (Fsp3) is 0.833. The maximum absolute atomic E-state index is 4.95. The van der Waals surface area contributed by atoms with Gasteiger partial charge >= 0.3 is 0 Å². The Bertz CT molecular complexity index is 138. The lowest BCUT2D eigenvalue weighted by Gasteiger charge is -2.13.